The van der Waals surface area contributed by atoms with Gasteiger partial charge in [0.2, 0.25) is 11.8 Å². The van der Waals surface area contributed by atoms with E-state index in [0.29, 0.717) is 24.6 Å². The number of hydrogen-bond acceptors (Lipinski definition) is 5. The number of likely N-dealkylation sites (N-methyl/N-ethyl adjacent to an activating group) is 1. The van der Waals surface area contributed by atoms with E-state index in [1.807, 2.05) is 25.2 Å². The normalized spacial score (nSPS) is 30.2. The van der Waals surface area contributed by atoms with E-state index in [4.69, 9.17) is 0 Å². The quantitative estimate of drug-likeness (QED) is 0.689. The van der Waals surface area contributed by atoms with Crippen LogP contribution in [0.25, 0.3) is 0 Å². The van der Waals surface area contributed by atoms with Crippen LogP contribution in [0.1, 0.15) is 61.4 Å². The smallest absolute Gasteiger partial charge is 0.255 e. The van der Waals surface area contributed by atoms with Gasteiger partial charge in [-0.1, -0.05) is 12.8 Å². The largest absolute Gasteiger partial charge is 0.378 e. The average Bonchev–Trinajstić information content (AvgIpc) is 2.98. The summed E-state index contributed by atoms with van der Waals surface area (Å²) in [6.45, 7) is 2.66. The zero-order valence-electron chi connectivity index (χ0n) is 16.5. The lowest BCUT2D eigenvalue weighted by Crippen LogP contribution is -2.54. The third-order valence-corrected chi connectivity index (χ3v) is 6.51. The van der Waals surface area contributed by atoms with E-state index in [1.54, 1.807) is 4.90 Å². The topological polar surface area (TPSA) is 90.5 Å². The Morgan fingerprint density at radius 3 is 2.75 bits per heavy atom. The number of fused-ring (bicyclic) bond motifs is 1. The fourth-order valence-electron chi connectivity index (χ4n) is 4.93. The van der Waals surface area contributed by atoms with Crippen molar-refractivity contribution in [2.24, 2.45) is 0 Å². The summed E-state index contributed by atoms with van der Waals surface area (Å²) >= 11 is 0. The van der Waals surface area contributed by atoms with Gasteiger partial charge in [-0.2, -0.15) is 0 Å². The second kappa shape index (κ2) is 7.20. The molecule has 3 amide bonds. The van der Waals surface area contributed by atoms with Crippen molar-refractivity contribution in [3.8, 4) is 0 Å². The number of rotatable bonds is 4. The molecule has 7 nitrogen and oxygen atoms in total. The summed E-state index contributed by atoms with van der Waals surface area (Å²) in [6, 6.07) is 5.67. The number of anilines is 1. The van der Waals surface area contributed by atoms with Gasteiger partial charge in [0.15, 0.2) is 0 Å². The maximum Gasteiger partial charge on any atom is 0.255 e. The van der Waals surface area contributed by atoms with Crippen LogP contribution < -0.4 is 16.0 Å². The van der Waals surface area contributed by atoms with Gasteiger partial charge in [0.25, 0.3) is 5.91 Å². The molecule has 2 aliphatic heterocycles. The van der Waals surface area contributed by atoms with E-state index in [2.05, 4.69) is 22.9 Å². The Balaban J connectivity index is 1.52. The molecule has 1 unspecified atom stereocenters. The van der Waals surface area contributed by atoms with E-state index in [0.717, 1.165) is 24.1 Å². The van der Waals surface area contributed by atoms with Gasteiger partial charge in [-0.3, -0.25) is 19.7 Å². The zero-order valence-corrected chi connectivity index (χ0v) is 16.5. The molecule has 3 N–H and O–H groups in total. The van der Waals surface area contributed by atoms with E-state index >= 15 is 0 Å². The van der Waals surface area contributed by atoms with Crippen LogP contribution in [0.15, 0.2) is 18.2 Å². The van der Waals surface area contributed by atoms with Gasteiger partial charge in [0, 0.05) is 35.8 Å². The number of amides is 3. The van der Waals surface area contributed by atoms with Crippen molar-refractivity contribution in [2.45, 2.75) is 69.6 Å². The lowest BCUT2D eigenvalue weighted by molar-refractivity contribution is -0.136. The van der Waals surface area contributed by atoms with Crippen LogP contribution >= 0.6 is 0 Å². The fraction of sp³-hybridized carbons (Fsp3) is 0.571. The first-order chi connectivity index (χ1) is 13.4. The van der Waals surface area contributed by atoms with Crippen LogP contribution in [0.5, 0.6) is 0 Å². The molecule has 0 spiro atoms. The van der Waals surface area contributed by atoms with Crippen molar-refractivity contribution < 1.29 is 14.4 Å². The average molecular weight is 384 g/mol. The summed E-state index contributed by atoms with van der Waals surface area (Å²) in [6.07, 6.45) is 5.34. The SMILES string of the molecule is CN[C@H]1CCCC[C@]1(C)Nc1ccc2c(c1)CN(C1CCC(=O)NC1=O)C2=O. The molecule has 3 aliphatic rings. The molecule has 0 radical (unpaired) electrons. The first-order valence-electron chi connectivity index (χ1n) is 10.1. The summed E-state index contributed by atoms with van der Waals surface area (Å²) < 4.78 is 0. The summed E-state index contributed by atoms with van der Waals surface area (Å²) in [5.41, 5.74) is 2.54. The number of imide groups is 1. The predicted molar refractivity (Wildman–Crippen MR) is 106 cm³/mol. The Labute approximate surface area is 165 Å². The molecule has 3 atom stereocenters. The van der Waals surface area contributed by atoms with Gasteiger partial charge in [-0.15, -0.1) is 0 Å². The Kier molecular flexibility index (Phi) is 4.87. The van der Waals surface area contributed by atoms with Crippen LogP contribution in [0.4, 0.5) is 5.69 Å². The molecule has 150 valence electrons. The molecule has 2 heterocycles. The van der Waals surface area contributed by atoms with Crippen molar-refractivity contribution >= 4 is 23.4 Å². The number of carbonyl (C=O) groups excluding carboxylic acids is 3. The maximum atomic E-state index is 12.8. The molecular weight excluding hydrogens is 356 g/mol. The van der Waals surface area contributed by atoms with Crippen LogP contribution in [-0.4, -0.2) is 47.3 Å². The van der Waals surface area contributed by atoms with Crippen molar-refractivity contribution in [3.63, 3.8) is 0 Å². The highest BCUT2D eigenvalue weighted by Crippen LogP contribution is 2.34. The van der Waals surface area contributed by atoms with Gasteiger partial charge >= 0.3 is 0 Å². The molecule has 1 aromatic carbocycles. The molecule has 1 saturated carbocycles. The van der Waals surface area contributed by atoms with E-state index in [9.17, 15) is 14.4 Å². The first-order valence-corrected chi connectivity index (χ1v) is 10.1. The minimum absolute atomic E-state index is 0.0346. The Bertz CT molecular complexity index is 824. The van der Waals surface area contributed by atoms with Crippen LogP contribution in [0.2, 0.25) is 0 Å². The maximum absolute atomic E-state index is 12.8. The number of hydrogen-bond donors (Lipinski definition) is 3. The Morgan fingerprint density at radius 2 is 2.00 bits per heavy atom. The molecule has 28 heavy (non-hydrogen) atoms. The first kappa shape index (κ1) is 18.9. The third kappa shape index (κ3) is 3.28. The van der Waals surface area contributed by atoms with Gasteiger partial charge in [-0.05, 0) is 57.0 Å². The number of piperidine rings is 1. The molecule has 0 bridgehead atoms. The third-order valence-electron chi connectivity index (χ3n) is 6.51. The van der Waals surface area contributed by atoms with E-state index < -0.39 is 6.04 Å². The molecule has 1 aromatic rings. The molecule has 7 heteroatoms. The molecule has 1 aliphatic carbocycles. The highest BCUT2D eigenvalue weighted by Gasteiger charge is 2.40. The van der Waals surface area contributed by atoms with Crippen LogP contribution in [-0.2, 0) is 16.1 Å². The van der Waals surface area contributed by atoms with Gasteiger partial charge in [-0.25, -0.2) is 0 Å². The summed E-state index contributed by atoms with van der Waals surface area (Å²) in [5, 5.41) is 9.48. The summed E-state index contributed by atoms with van der Waals surface area (Å²) in [4.78, 5) is 38.0. The monoisotopic (exact) mass is 384 g/mol. The second-order valence-electron chi connectivity index (χ2n) is 8.40. The molecular formula is C21H28N4O3. The highest BCUT2D eigenvalue weighted by molar-refractivity contribution is 6.05. The minimum Gasteiger partial charge on any atom is -0.378 e. The number of nitrogens with one attached hydrogen (secondary N) is 3. The molecule has 4 rings (SSSR count). The van der Waals surface area contributed by atoms with Crippen molar-refractivity contribution in [3.05, 3.63) is 29.3 Å². The summed E-state index contributed by atoms with van der Waals surface area (Å²) in [7, 11) is 2.01. The number of benzene rings is 1. The van der Waals surface area contributed by atoms with E-state index in [1.165, 1.54) is 12.8 Å². The Hall–Kier alpha value is -2.41. The predicted octanol–water partition coefficient (Wildman–Crippen LogP) is 1.78. The Morgan fingerprint density at radius 1 is 1.18 bits per heavy atom. The highest BCUT2D eigenvalue weighted by atomic mass is 16.2. The van der Waals surface area contributed by atoms with E-state index in [-0.39, 0.29) is 29.7 Å². The minimum atomic E-state index is -0.571. The lowest BCUT2D eigenvalue weighted by atomic mass is 9.78. The number of carbonyl (C=O) groups is 3. The van der Waals surface area contributed by atoms with Crippen molar-refractivity contribution in [2.75, 3.05) is 12.4 Å². The van der Waals surface area contributed by atoms with Gasteiger partial charge < -0.3 is 15.5 Å². The lowest BCUT2D eigenvalue weighted by Gasteiger charge is -2.43. The molecule has 0 aromatic heterocycles. The van der Waals surface area contributed by atoms with Gasteiger partial charge in [0.05, 0.1) is 0 Å². The van der Waals surface area contributed by atoms with Crippen molar-refractivity contribution in [1.29, 1.82) is 0 Å². The summed E-state index contributed by atoms with van der Waals surface area (Å²) in [5.74, 6) is -0.771. The van der Waals surface area contributed by atoms with Gasteiger partial charge in [0.1, 0.15) is 6.04 Å². The molecule has 2 fully saturated rings. The zero-order chi connectivity index (χ0) is 19.9. The van der Waals surface area contributed by atoms with Crippen molar-refractivity contribution in [1.82, 2.24) is 15.5 Å². The molecule has 1 saturated heterocycles. The number of nitrogens with zero attached hydrogens (tertiary/aromatic N) is 1. The van der Waals surface area contributed by atoms with Crippen LogP contribution in [0.3, 0.4) is 0 Å². The standard InChI is InChI=1S/C21H28N4O3/c1-21(10-4-3-5-17(21)22-2)24-14-6-7-15-13(11-14)12-25(20(15)28)16-8-9-18(26)23-19(16)27/h6-7,11,16-17,22,24H,3-5,8-10,12H2,1-2H3,(H,23,26,27)/t16?,17-,21-/m0/s1. The van der Waals surface area contributed by atoms with Crippen LogP contribution in [0, 0.1) is 0 Å². The second-order valence-corrected chi connectivity index (χ2v) is 8.40. The fourth-order valence-corrected chi connectivity index (χ4v) is 4.93.